The SMILES string of the molecule is Cc1cnccc1CNc1ccc([N+](=O)[O-])cc1Br. The van der Waals surface area contributed by atoms with Gasteiger partial charge in [-0.1, -0.05) is 0 Å². The zero-order valence-electron chi connectivity index (χ0n) is 10.3. The lowest BCUT2D eigenvalue weighted by molar-refractivity contribution is -0.384. The third-order valence-electron chi connectivity index (χ3n) is 2.77. The summed E-state index contributed by atoms with van der Waals surface area (Å²) in [7, 11) is 0. The molecule has 0 saturated carbocycles. The first-order valence-electron chi connectivity index (χ1n) is 5.65. The van der Waals surface area contributed by atoms with E-state index in [1.807, 2.05) is 19.2 Å². The second kappa shape index (κ2) is 5.79. The summed E-state index contributed by atoms with van der Waals surface area (Å²) >= 11 is 3.33. The lowest BCUT2D eigenvalue weighted by Gasteiger charge is -2.10. The van der Waals surface area contributed by atoms with Crippen LogP contribution in [-0.2, 0) is 6.54 Å². The third kappa shape index (κ3) is 3.29. The lowest BCUT2D eigenvalue weighted by atomic mass is 10.1. The first-order chi connectivity index (χ1) is 9.08. The van der Waals surface area contributed by atoms with Gasteiger partial charge < -0.3 is 5.32 Å². The number of halogens is 1. The molecule has 2 rings (SSSR count). The van der Waals surface area contributed by atoms with Crippen molar-refractivity contribution in [2.75, 3.05) is 5.32 Å². The number of benzene rings is 1. The first kappa shape index (κ1) is 13.5. The Balaban J connectivity index is 2.12. The van der Waals surface area contributed by atoms with Gasteiger partial charge in [-0.05, 0) is 46.1 Å². The smallest absolute Gasteiger partial charge is 0.270 e. The molecule has 5 nitrogen and oxygen atoms in total. The van der Waals surface area contributed by atoms with Crippen molar-refractivity contribution in [2.24, 2.45) is 0 Å². The summed E-state index contributed by atoms with van der Waals surface area (Å²) in [6.07, 6.45) is 3.55. The van der Waals surface area contributed by atoms with Crippen LogP contribution in [0.15, 0.2) is 41.1 Å². The molecule has 1 aromatic heterocycles. The topological polar surface area (TPSA) is 68.1 Å². The molecule has 1 N–H and O–H groups in total. The van der Waals surface area contributed by atoms with Crippen molar-refractivity contribution in [2.45, 2.75) is 13.5 Å². The predicted octanol–water partition coefficient (Wildman–Crippen LogP) is 3.67. The molecule has 0 aliphatic heterocycles. The molecule has 0 bridgehead atoms. The van der Waals surface area contributed by atoms with Crippen molar-refractivity contribution in [3.05, 3.63) is 62.4 Å². The van der Waals surface area contributed by atoms with Crippen LogP contribution in [0.3, 0.4) is 0 Å². The quantitative estimate of drug-likeness (QED) is 0.689. The van der Waals surface area contributed by atoms with Crippen LogP contribution in [0.2, 0.25) is 0 Å². The number of hydrogen-bond donors (Lipinski definition) is 1. The molecule has 1 heterocycles. The van der Waals surface area contributed by atoms with Gasteiger partial charge in [-0.2, -0.15) is 0 Å². The number of hydrogen-bond acceptors (Lipinski definition) is 4. The minimum absolute atomic E-state index is 0.0671. The summed E-state index contributed by atoms with van der Waals surface area (Å²) in [5.74, 6) is 0. The van der Waals surface area contributed by atoms with Crippen LogP contribution in [-0.4, -0.2) is 9.91 Å². The Morgan fingerprint density at radius 2 is 2.21 bits per heavy atom. The second-order valence-electron chi connectivity index (χ2n) is 4.08. The minimum atomic E-state index is -0.415. The molecule has 0 atom stereocenters. The largest absolute Gasteiger partial charge is 0.380 e. The molecule has 19 heavy (non-hydrogen) atoms. The summed E-state index contributed by atoms with van der Waals surface area (Å²) in [5.41, 5.74) is 3.13. The lowest BCUT2D eigenvalue weighted by Crippen LogP contribution is -2.02. The molecule has 0 unspecified atom stereocenters. The summed E-state index contributed by atoms with van der Waals surface area (Å²) in [5, 5.41) is 13.9. The number of nitrogens with one attached hydrogen (secondary N) is 1. The van der Waals surface area contributed by atoms with Crippen LogP contribution >= 0.6 is 15.9 Å². The van der Waals surface area contributed by atoms with Crippen LogP contribution in [0.25, 0.3) is 0 Å². The Labute approximate surface area is 119 Å². The number of nitrogens with zero attached hydrogens (tertiary/aromatic N) is 2. The van der Waals surface area contributed by atoms with Crippen molar-refractivity contribution >= 4 is 27.3 Å². The Hall–Kier alpha value is -1.95. The van der Waals surface area contributed by atoms with E-state index in [2.05, 4.69) is 26.2 Å². The molecule has 0 radical (unpaired) electrons. The van der Waals surface area contributed by atoms with E-state index in [-0.39, 0.29) is 5.69 Å². The van der Waals surface area contributed by atoms with Crippen molar-refractivity contribution in [1.29, 1.82) is 0 Å². The van der Waals surface area contributed by atoms with Gasteiger partial charge in [0.25, 0.3) is 5.69 Å². The highest BCUT2D eigenvalue weighted by molar-refractivity contribution is 9.10. The average Bonchev–Trinajstić information content (AvgIpc) is 2.39. The van der Waals surface area contributed by atoms with Crippen LogP contribution < -0.4 is 5.32 Å². The summed E-state index contributed by atoms with van der Waals surface area (Å²) < 4.78 is 0.674. The fourth-order valence-electron chi connectivity index (χ4n) is 1.65. The van der Waals surface area contributed by atoms with Gasteiger partial charge in [-0.3, -0.25) is 15.1 Å². The van der Waals surface area contributed by atoms with Gasteiger partial charge in [0.05, 0.1) is 4.92 Å². The van der Waals surface area contributed by atoms with Gasteiger partial charge in [0.2, 0.25) is 0 Å². The van der Waals surface area contributed by atoms with Crippen molar-refractivity contribution in [1.82, 2.24) is 4.98 Å². The van der Waals surface area contributed by atoms with Gasteiger partial charge in [0, 0.05) is 41.2 Å². The highest BCUT2D eigenvalue weighted by Gasteiger charge is 2.09. The average molecular weight is 322 g/mol. The van der Waals surface area contributed by atoms with E-state index in [1.54, 1.807) is 12.3 Å². The molecule has 2 aromatic rings. The van der Waals surface area contributed by atoms with E-state index >= 15 is 0 Å². The molecule has 0 aliphatic carbocycles. The molecule has 0 saturated heterocycles. The maximum absolute atomic E-state index is 10.6. The molecule has 98 valence electrons. The van der Waals surface area contributed by atoms with E-state index < -0.39 is 4.92 Å². The zero-order valence-corrected chi connectivity index (χ0v) is 11.8. The van der Waals surface area contributed by atoms with Crippen LogP contribution in [0.4, 0.5) is 11.4 Å². The summed E-state index contributed by atoms with van der Waals surface area (Å²) in [4.78, 5) is 14.3. The highest BCUT2D eigenvalue weighted by atomic mass is 79.9. The fraction of sp³-hybridized carbons (Fsp3) is 0.154. The molecular formula is C13H12BrN3O2. The van der Waals surface area contributed by atoms with Crippen LogP contribution in [0.5, 0.6) is 0 Å². The first-order valence-corrected chi connectivity index (χ1v) is 6.44. The van der Waals surface area contributed by atoms with Gasteiger partial charge in [0.15, 0.2) is 0 Å². The molecule has 0 aliphatic rings. The van der Waals surface area contributed by atoms with E-state index in [1.165, 1.54) is 12.1 Å². The second-order valence-corrected chi connectivity index (χ2v) is 4.93. The zero-order chi connectivity index (χ0) is 13.8. The maximum Gasteiger partial charge on any atom is 0.270 e. The number of rotatable bonds is 4. The number of nitro benzene ring substituents is 1. The molecule has 0 amide bonds. The summed E-state index contributed by atoms with van der Waals surface area (Å²) in [6.45, 7) is 2.64. The third-order valence-corrected chi connectivity index (χ3v) is 3.43. The summed E-state index contributed by atoms with van der Waals surface area (Å²) in [6, 6.07) is 6.61. The van der Waals surface area contributed by atoms with Crippen molar-refractivity contribution in [3.8, 4) is 0 Å². The van der Waals surface area contributed by atoms with E-state index in [0.717, 1.165) is 16.8 Å². The number of aromatic nitrogens is 1. The monoisotopic (exact) mass is 321 g/mol. The number of anilines is 1. The Morgan fingerprint density at radius 1 is 1.42 bits per heavy atom. The maximum atomic E-state index is 10.6. The van der Waals surface area contributed by atoms with Gasteiger partial charge in [-0.25, -0.2) is 0 Å². The van der Waals surface area contributed by atoms with Crippen molar-refractivity contribution < 1.29 is 4.92 Å². The Kier molecular flexibility index (Phi) is 4.11. The Bertz CT molecular complexity index is 617. The predicted molar refractivity (Wildman–Crippen MR) is 77.1 cm³/mol. The van der Waals surface area contributed by atoms with Crippen molar-refractivity contribution in [3.63, 3.8) is 0 Å². The number of non-ortho nitro benzene ring substituents is 1. The van der Waals surface area contributed by atoms with Gasteiger partial charge in [-0.15, -0.1) is 0 Å². The van der Waals surface area contributed by atoms with Gasteiger partial charge in [0.1, 0.15) is 0 Å². The molecule has 0 fully saturated rings. The highest BCUT2D eigenvalue weighted by Crippen LogP contribution is 2.27. The number of pyridine rings is 1. The van der Waals surface area contributed by atoms with Gasteiger partial charge >= 0.3 is 0 Å². The molecule has 0 spiro atoms. The molecule has 6 heteroatoms. The van der Waals surface area contributed by atoms with E-state index in [0.29, 0.717) is 11.0 Å². The molecule has 1 aromatic carbocycles. The van der Waals surface area contributed by atoms with Crippen LogP contribution in [0, 0.1) is 17.0 Å². The van der Waals surface area contributed by atoms with E-state index in [4.69, 9.17) is 0 Å². The molecular weight excluding hydrogens is 310 g/mol. The van der Waals surface area contributed by atoms with E-state index in [9.17, 15) is 10.1 Å². The number of nitro groups is 1. The normalized spacial score (nSPS) is 10.2. The standard InChI is InChI=1S/C13H12BrN3O2/c1-9-7-15-5-4-10(9)8-16-13-3-2-11(17(18)19)6-12(13)14/h2-7,16H,8H2,1H3. The number of aryl methyl sites for hydroxylation is 1. The fourth-order valence-corrected chi connectivity index (χ4v) is 2.16. The van der Waals surface area contributed by atoms with Crippen LogP contribution in [0.1, 0.15) is 11.1 Å². The minimum Gasteiger partial charge on any atom is -0.380 e. The Morgan fingerprint density at radius 3 is 2.84 bits per heavy atom.